The van der Waals surface area contributed by atoms with Gasteiger partial charge in [-0.2, -0.15) is 0 Å². The highest BCUT2D eigenvalue weighted by Gasteiger charge is 2.53. The van der Waals surface area contributed by atoms with E-state index in [0.29, 0.717) is 33.8 Å². The molecule has 0 bridgehead atoms. The molecule has 1 spiro atoms. The summed E-state index contributed by atoms with van der Waals surface area (Å²) in [6, 6.07) is 17.0. The molecule has 3 aromatic carbocycles. The van der Waals surface area contributed by atoms with Crippen molar-refractivity contribution in [3.63, 3.8) is 0 Å². The van der Waals surface area contributed by atoms with Crippen LogP contribution in [0.5, 0.6) is 23.0 Å². The van der Waals surface area contributed by atoms with Crippen molar-refractivity contribution in [1.82, 2.24) is 0 Å². The first kappa shape index (κ1) is 25.5. The molecule has 0 aromatic heterocycles. The maximum Gasteiger partial charge on any atom is 0.340 e. The van der Waals surface area contributed by atoms with Crippen LogP contribution in [-0.2, 0) is 19.9 Å². The predicted molar refractivity (Wildman–Crippen MR) is 142 cm³/mol. The first-order chi connectivity index (χ1) is 17.3. The van der Waals surface area contributed by atoms with Gasteiger partial charge in [-0.25, -0.2) is 4.79 Å². The summed E-state index contributed by atoms with van der Waals surface area (Å²) in [6.45, 7) is 6.73. The number of alkyl halides is 2. The van der Waals surface area contributed by atoms with E-state index < -0.39 is 32.2 Å². The van der Waals surface area contributed by atoms with Crippen molar-refractivity contribution >= 4 is 49.8 Å². The molecule has 2 heterocycles. The highest BCUT2D eigenvalue weighted by Crippen LogP contribution is 2.57. The number of hydrogen-bond donors (Lipinski definition) is 0. The Balaban J connectivity index is 1.66. The van der Waals surface area contributed by atoms with E-state index >= 15 is 0 Å². The summed E-state index contributed by atoms with van der Waals surface area (Å²) in [5.41, 5.74) is 0.938. The van der Waals surface area contributed by atoms with Gasteiger partial charge < -0.3 is 18.9 Å². The molecule has 0 aliphatic carbocycles. The first-order valence-electron chi connectivity index (χ1n) is 11.4. The Morgan fingerprint density at radius 2 is 1.24 bits per heavy atom. The molecular weight excluding hydrogens is 608 g/mol. The molecule has 0 amide bonds. The average molecular weight is 630 g/mol. The van der Waals surface area contributed by atoms with Crippen LogP contribution in [-0.4, -0.2) is 26.6 Å². The van der Waals surface area contributed by atoms with Gasteiger partial charge in [0.15, 0.2) is 5.60 Å². The van der Waals surface area contributed by atoms with Crippen LogP contribution in [0.3, 0.4) is 0 Å². The number of halogens is 2. The van der Waals surface area contributed by atoms with Gasteiger partial charge in [0.05, 0.1) is 5.56 Å². The number of carbonyl (C=O) groups excluding carboxylic acids is 3. The number of esters is 3. The van der Waals surface area contributed by atoms with Crippen molar-refractivity contribution in [2.45, 2.75) is 41.9 Å². The number of fused-ring (bicyclic) bond motifs is 6. The molecule has 0 fully saturated rings. The molecule has 9 heteroatoms. The molecule has 2 aliphatic rings. The second kappa shape index (κ2) is 8.70. The highest BCUT2D eigenvalue weighted by molar-refractivity contribution is 9.10. The van der Waals surface area contributed by atoms with E-state index in [1.807, 2.05) is 12.1 Å². The van der Waals surface area contributed by atoms with Crippen LogP contribution in [0.15, 0.2) is 60.7 Å². The van der Waals surface area contributed by atoms with Gasteiger partial charge in [0, 0.05) is 28.8 Å². The summed E-state index contributed by atoms with van der Waals surface area (Å²) in [7, 11) is 0. The normalized spacial score (nSPS) is 15.1. The molecule has 2 aliphatic heterocycles. The van der Waals surface area contributed by atoms with Crippen LogP contribution in [0, 0.1) is 0 Å². The molecule has 7 nitrogen and oxygen atoms in total. The first-order valence-corrected chi connectivity index (χ1v) is 13.0. The standard InChI is InChI=1S/C28H22Br2O7/c1-26(2,29)24(32)34-15-9-11-19-21(13-15)36-22-14-16(35-25(33)27(3,4)30)10-12-20(22)28(19)18-8-6-5-7-17(18)23(31)37-28/h5-14H,1-4H3. The van der Waals surface area contributed by atoms with Gasteiger partial charge in [-0.3, -0.25) is 9.59 Å². The monoisotopic (exact) mass is 628 g/mol. The van der Waals surface area contributed by atoms with Crippen LogP contribution < -0.4 is 14.2 Å². The summed E-state index contributed by atoms with van der Waals surface area (Å²) >= 11 is 6.61. The van der Waals surface area contributed by atoms with Crippen molar-refractivity contribution < 1.29 is 33.3 Å². The zero-order valence-electron chi connectivity index (χ0n) is 20.4. The van der Waals surface area contributed by atoms with Gasteiger partial charge in [-0.05, 0) is 58.0 Å². The lowest BCUT2D eigenvalue weighted by atomic mass is 9.77. The van der Waals surface area contributed by atoms with E-state index in [4.69, 9.17) is 18.9 Å². The molecule has 3 aromatic rings. The second-order valence-corrected chi connectivity index (χ2v) is 13.7. The van der Waals surface area contributed by atoms with Crippen molar-refractivity contribution in [2.24, 2.45) is 0 Å². The molecule has 0 N–H and O–H groups in total. The van der Waals surface area contributed by atoms with Gasteiger partial charge in [-0.15, -0.1) is 0 Å². The van der Waals surface area contributed by atoms with Crippen molar-refractivity contribution in [1.29, 1.82) is 0 Å². The van der Waals surface area contributed by atoms with E-state index in [-0.39, 0.29) is 11.5 Å². The van der Waals surface area contributed by atoms with E-state index in [2.05, 4.69) is 31.9 Å². The van der Waals surface area contributed by atoms with Gasteiger partial charge in [0.25, 0.3) is 0 Å². The van der Waals surface area contributed by atoms with Gasteiger partial charge in [0.1, 0.15) is 31.6 Å². The zero-order chi connectivity index (χ0) is 26.8. The Hall–Kier alpha value is -3.17. The van der Waals surface area contributed by atoms with Gasteiger partial charge in [-0.1, -0.05) is 50.1 Å². The largest absolute Gasteiger partial charge is 0.456 e. The molecule has 190 valence electrons. The van der Waals surface area contributed by atoms with Crippen LogP contribution in [0.1, 0.15) is 54.7 Å². The van der Waals surface area contributed by atoms with Crippen molar-refractivity contribution in [3.8, 4) is 23.0 Å². The molecule has 37 heavy (non-hydrogen) atoms. The van der Waals surface area contributed by atoms with E-state index in [9.17, 15) is 14.4 Å². The maximum atomic E-state index is 13.0. The topological polar surface area (TPSA) is 88.1 Å². The minimum Gasteiger partial charge on any atom is -0.456 e. The number of benzene rings is 3. The molecule has 0 unspecified atom stereocenters. The zero-order valence-corrected chi connectivity index (χ0v) is 23.6. The summed E-state index contributed by atoms with van der Waals surface area (Å²) in [4.78, 5) is 37.9. The lowest BCUT2D eigenvalue weighted by molar-refractivity contribution is -0.136. The minimum absolute atomic E-state index is 0.260. The third-order valence-electron chi connectivity index (χ3n) is 6.05. The third kappa shape index (κ3) is 4.34. The fourth-order valence-electron chi connectivity index (χ4n) is 4.22. The Morgan fingerprint density at radius 3 is 1.73 bits per heavy atom. The SMILES string of the molecule is CC(C)(Br)C(=O)Oc1ccc2c(c1)Oc1cc(OC(=O)C(C)(C)Br)ccc1C21OC(=O)c2ccccc21. The molecule has 0 saturated heterocycles. The van der Waals surface area contributed by atoms with Crippen LogP contribution in [0.2, 0.25) is 0 Å². The van der Waals surface area contributed by atoms with E-state index in [1.54, 1.807) is 76.2 Å². The smallest absolute Gasteiger partial charge is 0.340 e. The quantitative estimate of drug-likeness (QED) is 0.187. The third-order valence-corrected chi connectivity index (χ3v) is 6.70. The summed E-state index contributed by atoms with van der Waals surface area (Å²) in [6.07, 6.45) is 0. The molecule has 5 rings (SSSR count). The lowest BCUT2D eigenvalue weighted by Gasteiger charge is -2.36. The van der Waals surface area contributed by atoms with Crippen LogP contribution in [0.4, 0.5) is 0 Å². The molecular formula is C28H22Br2O7. The lowest BCUT2D eigenvalue weighted by Crippen LogP contribution is -2.33. The van der Waals surface area contributed by atoms with Crippen molar-refractivity contribution in [2.75, 3.05) is 0 Å². The number of hydrogen-bond acceptors (Lipinski definition) is 7. The fraction of sp³-hybridized carbons (Fsp3) is 0.250. The Morgan fingerprint density at radius 1 is 0.757 bits per heavy atom. The summed E-state index contributed by atoms with van der Waals surface area (Å²) in [5, 5.41) is 0. The number of carbonyl (C=O) groups is 3. The predicted octanol–water partition coefficient (Wildman–Crippen LogP) is 6.41. The Labute approximate surface area is 230 Å². The highest BCUT2D eigenvalue weighted by atomic mass is 79.9. The Kier molecular flexibility index (Phi) is 5.99. The van der Waals surface area contributed by atoms with Gasteiger partial charge >= 0.3 is 17.9 Å². The summed E-state index contributed by atoms with van der Waals surface area (Å²) in [5.74, 6) is -0.252. The molecule has 0 atom stereocenters. The molecule has 0 radical (unpaired) electrons. The van der Waals surface area contributed by atoms with E-state index in [1.165, 1.54) is 0 Å². The van der Waals surface area contributed by atoms with Crippen LogP contribution in [0.25, 0.3) is 0 Å². The molecule has 0 saturated carbocycles. The van der Waals surface area contributed by atoms with Crippen LogP contribution >= 0.6 is 31.9 Å². The summed E-state index contributed by atoms with van der Waals surface area (Å²) < 4.78 is 21.6. The van der Waals surface area contributed by atoms with Gasteiger partial charge in [0.2, 0.25) is 0 Å². The average Bonchev–Trinajstić information content (AvgIpc) is 3.11. The second-order valence-electron chi connectivity index (χ2n) is 9.76. The minimum atomic E-state index is -1.30. The van der Waals surface area contributed by atoms with E-state index in [0.717, 1.165) is 0 Å². The van der Waals surface area contributed by atoms with Crippen molar-refractivity contribution in [3.05, 3.63) is 82.9 Å². The number of ether oxygens (including phenoxy) is 4. The Bertz CT molecular complexity index is 1390. The number of rotatable bonds is 4. The fourth-order valence-corrected chi connectivity index (χ4v) is 4.38. The maximum absolute atomic E-state index is 13.0.